The highest BCUT2D eigenvalue weighted by Crippen LogP contribution is 1.76. The van der Waals surface area contributed by atoms with Gasteiger partial charge in [0.05, 0.1) is 13.5 Å². The summed E-state index contributed by atoms with van der Waals surface area (Å²) >= 11 is 3.79. The van der Waals surface area contributed by atoms with Crippen molar-refractivity contribution in [1.82, 2.24) is 0 Å². The molecule has 0 amide bonds. The van der Waals surface area contributed by atoms with Crippen LogP contribution >= 0.6 is 12.6 Å². The molecule has 10 heavy (non-hydrogen) atoms. The van der Waals surface area contributed by atoms with E-state index in [0.29, 0.717) is 13.0 Å². The van der Waals surface area contributed by atoms with Gasteiger partial charge < -0.3 is 10.5 Å². The molecule has 0 radical (unpaired) electrons. The van der Waals surface area contributed by atoms with Crippen molar-refractivity contribution in [2.45, 2.75) is 13.3 Å². The molecule has 3 nitrogen and oxygen atoms in total. The molecule has 0 rings (SSSR count). The van der Waals surface area contributed by atoms with Gasteiger partial charge in [0.2, 0.25) is 0 Å². The van der Waals surface area contributed by atoms with Gasteiger partial charge in [-0.2, -0.15) is 12.6 Å². The highest BCUT2D eigenvalue weighted by molar-refractivity contribution is 7.80. The molecule has 0 aliphatic heterocycles. The SMILES string of the molecule is CCS.COC(=O)CCN. The molecule has 2 N–H and O–H groups in total. The maximum atomic E-state index is 10.1. The smallest absolute Gasteiger partial charge is 0.306 e. The Hall–Kier alpha value is -0.220. The Kier molecular flexibility index (Phi) is 14.4. The summed E-state index contributed by atoms with van der Waals surface area (Å²) in [6.45, 7) is 2.36. The molecule has 0 atom stereocenters. The molecule has 0 bridgehead atoms. The number of carbonyl (C=O) groups is 1. The van der Waals surface area contributed by atoms with Gasteiger partial charge in [-0.1, -0.05) is 6.92 Å². The predicted molar refractivity (Wildman–Crippen MR) is 45.2 cm³/mol. The first-order chi connectivity index (χ1) is 4.72. The summed E-state index contributed by atoms with van der Waals surface area (Å²) in [7, 11) is 1.35. The van der Waals surface area contributed by atoms with Crippen molar-refractivity contribution >= 4 is 18.6 Å². The fourth-order valence-corrected chi connectivity index (χ4v) is 0.220. The molecule has 0 aromatic rings. The van der Waals surface area contributed by atoms with Crippen molar-refractivity contribution < 1.29 is 9.53 Å². The van der Waals surface area contributed by atoms with E-state index in [4.69, 9.17) is 5.73 Å². The van der Waals surface area contributed by atoms with Crippen molar-refractivity contribution in [1.29, 1.82) is 0 Å². The predicted octanol–water partition coefficient (Wildman–Crippen LogP) is 0.444. The Bertz CT molecular complexity index is 78.1. The topological polar surface area (TPSA) is 52.3 Å². The lowest BCUT2D eigenvalue weighted by atomic mass is 10.4. The number of ether oxygens (including phenoxy) is 1. The Labute approximate surface area is 67.3 Å². The molecule has 0 aromatic heterocycles. The first-order valence-electron chi connectivity index (χ1n) is 3.10. The van der Waals surface area contributed by atoms with Gasteiger partial charge in [-0.15, -0.1) is 0 Å². The summed E-state index contributed by atoms with van der Waals surface area (Å²) in [4.78, 5) is 10.1. The van der Waals surface area contributed by atoms with Gasteiger partial charge in [0.15, 0.2) is 0 Å². The minimum Gasteiger partial charge on any atom is -0.469 e. The number of nitrogens with two attached hydrogens (primary N) is 1. The largest absolute Gasteiger partial charge is 0.469 e. The summed E-state index contributed by atoms with van der Waals surface area (Å²) in [5.74, 6) is 0.697. The van der Waals surface area contributed by atoms with E-state index in [9.17, 15) is 4.79 Å². The average Bonchev–Trinajstić information content (AvgIpc) is 1.90. The monoisotopic (exact) mass is 165 g/mol. The molecule has 4 heteroatoms. The highest BCUT2D eigenvalue weighted by atomic mass is 32.1. The Morgan fingerprint density at radius 2 is 2.10 bits per heavy atom. The van der Waals surface area contributed by atoms with Gasteiger partial charge in [-0.3, -0.25) is 4.79 Å². The molecule has 0 aliphatic rings. The van der Waals surface area contributed by atoms with E-state index in [1.165, 1.54) is 7.11 Å². The second kappa shape index (κ2) is 11.6. The maximum absolute atomic E-state index is 10.1. The van der Waals surface area contributed by atoms with Crippen LogP contribution in [0.5, 0.6) is 0 Å². The van der Waals surface area contributed by atoms with Crippen LogP contribution in [0.4, 0.5) is 0 Å². The molecule has 0 spiro atoms. The summed E-state index contributed by atoms with van der Waals surface area (Å²) in [6.07, 6.45) is 0.316. The number of esters is 1. The summed E-state index contributed by atoms with van der Waals surface area (Å²) in [5, 5.41) is 0. The second-order valence-electron chi connectivity index (χ2n) is 1.43. The van der Waals surface area contributed by atoms with Crippen molar-refractivity contribution in [3.8, 4) is 0 Å². The molecule has 0 fully saturated rings. The van der Waals surface area contributed by atoms with Gasteiger partial charge in [-0.05, 0) is 5.75 Å². The Morgan fingerprint density at radius 1 is 1.70 bits per heavy atom. The average molecular weight is 165 g/mol. The molecule has 0 unspecified atom stereocenters. The first kappa shape index (κ1) is 12.5. The normalized spacial score (nSPS) is 7.60. The summed E-state index contributed by atoms with van der Waals surface area (Å²) in [6, 6.07) is 0. The van der Waals surface area contributed by atoms with E-state index in [1.54, 1.807) is 0 Å². The molecule has 0 aliphatic carbocycles. The fourth-order valence-electron chi connectivity index (χ4n) is 0.220. The number of rotatable bonds is 2. The standard InChI is InChI=1S/C4H9NO2.C2H6S/c1-7-4(6)2-3-5;1-2-3/h2-3,5H2,1H3;3H,2H2,1H3. The van der Waals surface area contributed by atoms with Crippen LogP contribution in [-0.4, -0.2) is 25.4 Å². The second-order valence-corrected chi connectivity index (χ2v) is 2.06. The number of methoxy groups -OCH3 is 1. The van der Waals surface area contributed by atoms with Crippen LogP contribution in [0, 0.1) is 0 Å². The Balaban J connectivity index is 0. The number of hydrogen-bond donors (Lipinski definition) is 2. The van der Waals surface area contributed by atoms with Crippen LogP contribution in [0.25, 0.3) is 0 Å². The lowest BCUT2D eigenvalue weighted by Gasteiger charge is -1.91. The third kappa shape index (κ3) is 15.7. The van der Waals surface area contributed by atoms with Crippen LogP contribution in [0.3, 0.4) is 0 Å². The van der Waals surface area contributed by atoms with Crippen molar-refractivity contribution in [2.75, 3.05) is 19.4 Å². The third-order valence-electron chi connectivity index (χ3n) is 0.576. The maximum Gasteiger partial charge on any atom is 0.306 e. The molecule has 0 saturated heterocycles. The van der Waals surface area contributed by atoms with Crippen LogP contribution in [0.1, 0.15) is 13.3 Å². The van der Waals surface area contributed by atoms with Crippen LogP contribution in [0.2, 0.25) is 0 Å². The zero-order valence-electron chi connectivity index (χ0n) is 6.46. The fraction of sp³-hybridized carbons (Fsp3) is 0.833. The van der Waals surface area contributed by atoms with Crippen LogP contribution < -0.4 is 5.73 Å². The minimum absolute atomic E-state index is 0.248. The number of thiol groups is 1. The van der Waals surface area contributed by atoms with E-state index in [1.807, 2.05) is 6.92 Å². The van der Waals surface area contributed by atoms with Crippen molar-refractivity contribution in [2.24, 2.45) is 5.73 Å². The zero-order valence-corrected chi connectivity index (χ0v) is 7.36. The molecular weight excluding hydrogens is 150 g/mol. The van der Waals surface area contributed by atoms with Crippen LogP contribution in [0.15, 0.2) is 0 Å². The van der Waals surface area contributed by atoms with E-state index in [0.717, 1.165) is 5.75 Å². The zero-order chi connectivity index (χ0) is 8.41. The van der Waals surface area contributed by atoms with Gasteiger partial charge in [0.25, 0.3) is 0 Å². The van der Waals surface area contributed by atoms with Gasteiger partial charge in [0, 0.05) is 6.54 Å². The van der Waals surface area contributed by atoms with E-state index < -0.39 is 0 Å². The van der Waals surface area contributed by atoms with E-state index >= 15 is 0 Å². The first-order valence-corrected chi connectivity index (χ1v) is 3.73. The lowest BCUT2D eigenvalue weighted by molar-refractivity contribution is -0.140. The summed E-state index contributed by atoms with van der Waals surface area (Å²) < 4.78 is 4.27. The summed E-state index contributed by atoms with van der Waals surface area (Å²) in [5.41, 5.74) is 5.00. The van der Waals surface area contributed by atoms with Gasteiger partial charge >= 0.3 is 5.97 Å². The molecular formula is C6H15NO2S. The molecule has 62 valence electrons. The van der Waals surface area contributed by atoms with E-state index in [2.05, 4.69) is 17.4 Å². The quantitative estimate of drug-likeness (QED) is 0.461. The van der Waals surface area contributed by atoms with E-state index in [-0.39, 0.29) is 5.97 Å². The minimum atomic E-state index is -0.248. The lowest BCUT2D eigenvalue weighted by Crippen LogP contribution is -2.08. The van der Waals surface area contributed by atoms with Gasteiger partial charge in [0.1, 0.15) is 0 Å². The number of carbonyl (C=O) groups excluding carboxylic acids is 1. The Morgan fingerprint density at radius 3 is 2.20 bits per heavy atom. The highest BCUT2D eigenvalue weighted by Gasteiger charge is 1.92. The molecule has 0 heterocycles. The van der Waals surface area contributed by atoms with Gasteiger partial charge in [-0.25, -0.2) is 0 Å². The van der Waals surface area contributed by atoms with Crippen molar-refractivity contribution in [3.63, 3.8) is 0 Å². The van der Waals surface area contributed by atoms with Crippen LogP contribution in [-0.2, 0) is 9.53 Å². The molecule has 0 saturated carbocycles. The molecule has 0 aromatic carbocycles. The van der Waals surface area contributed by atoms with Crippen molar-refractivity contribution in [3.05, 3.63) is 0 Å². The third-order valence-corrected chi connectivity index (χ3v) is 0.576. The number of hydrogen-bond acceptors (Lipinski definition) is 4.